The third kappa shape index (κ3) is 3.65. The first kappa shape index (κ1) is 12.7. The summed E-state index contributed by atoms with van der Waals surface area (Å²) in [6.07, 6.45) is 3.51. The Kier molecular flexibility index (Phi) is 4.97. The highest BCUT2D eigenvalue weighted by Gasteiger charge is 2.19. The molecule has 1 aromatic carbocycles. The van der Waals surface area contributed by atoms with E-state index >= 15 is 0 Å². The van der Waals surface area contributed by atoms with Crippen molar-refractivity contribution in [1.29, 1.82) is 0 Å². The van der Waals surface area contributed by atoms with Gasteiger partial charge in [-0.2, -0.15) is 0 Å². The molecule has 0 heterocycles. The predicted molar refractivity (Wildman–Crippen MR) is 68.5 cm³/mol. The first-order valence-corrected chi connectivity index (χ1v) is 5.80. The second-order valence-electron chi connectivity index (χ2n) is 4.42. The summed E-state index contributed by atoms with van der Waals surface area (Å²) in [4.78, 5) is 11.3. The SMILES string of the molecule is C=CC[C@H](C)[C@H](CC(C)=O)c1ccccc1. The smallest absolute Gasteiger partial charge is 0.130 e. The number of rotatable bonds is 6. The Labute approximate surface area is 98.2 Å². The quantitative estimate of drug-likeness (QED) is 0.658. The van der Waals surface area contributed by atoms with Crippen molar-refractivity contribution < 1.29 is 4.79 Å². The molecule has 86 valence electrons. The normalized spacial score (nSPS) is 14.1. The van der Waals surface area contributed by atoms with Crippen molar-refractivity contribution >= 4 is 5.78 Å². The molecule has 0 radical (unpaired) electrons. The van der Waals surface area contributed by atoms with E-state index in [4.69, 9.17) is 0 Å². The van der Waals surface area contributed by atoms with Crippen molar-refractivity contribution in [2.45, 2.75) is 32.6 Å². The lowest BCUT2D eigenvalue weighted by Crippen LogP contribution is -2.12. The van der Waals surface area contributed by atoms with E-state index in [-0.39, 0.29) is 5.78 Å². The van der Waals surface area contributed by atoms with Crippen LogP contribution >= 0.6 is 0 Å². The number of carbonyl (C=O) groups excluding carboxylic acids is 1. The Morgan fingerprint density at radius 1 is 1.38 bits per heavy atom. The van der Waals surface area contributed by atoms with Crippen LogP contribution in [0.5, 0.6) is 0 Å². The third-order valence-corrected chi connectivity index (χ3v) is 2.96. The summed E-state index contributed by atoms with van der Waals surface area (Å²) in [6.45, 7) is 7.62. The summed E-state index contributed by atoms with van der Waals surface area (Å²) in [7, 11) is 0. The summed E-state index contributed by atoms with van der Waals surface area (Å²) in [6, 6.07) is 10.3. The van der Waals surface area contributed by atoms with Gasteiger partial charge in [-0.3, -0.25) is 0 Å². The van der Waals surface area contributed by atoms with Gasteiger partial charge in [-0.25, -0.2) is 0 Å². The van der Waals surface area contributed by atoms with Gasteiger partial charge in [0.05, 0.1) is 0 Å². The first-order valence-electron chi connectivity index (χ1n) is 5.80. The van der Waals surface area contributed by atoms with Crippen LogP contribution in [-0.4, -0.2) is 5.78 Å². The highest BCUT2D eigenvalue weighted by atomic mass is 16.1. The molecule has 1 rings (SSSR count). The predicted octanol–water partition coefficient (Wildman–Crippen LogP) is 3.96. The monoisotopic (exact) mass is 216 g/mol. The van der Waals surface area contributed by atoms with Crippen molar-refractivity contribution in [3.63, 3.8) is 0 Å². The lowest BCUT2D eigenvalue weighted by molar-refractivity contribution is -0.117. The van der Waals surface area contributed by atoms with Crippen LogP contribution in [0.3, 0.4) is 0 Å². The van der Waals surface area contributed by atoms with Crippen molar-refractivity contribution in [2.75, 3.05) is 0 Å². The van der Waals surface area contributed by atoms with Crippen LogP contribution < -0.4 is 0 Å². The molecule has 16 heavy (non-hydrogen) atoms. The van der Waals surface area contributed by atoms with E-state index in [0.717, 1.165) is 6.42 Å². The van der Waals surface area contributed by atoms with E-state index in [2.05, 4.69) is 25.6 Å². The maximum atomic E-state index is 11.3. The molecule has 0 aromatic heterocycles. The minimum Gasteiger partial charge on any atom is -0.300 e. The Morgan fingerprint density at radius 3 is 2.50 bits per heavy atom. The van der Waals surface area contributed by atoms with Crippen LogP contribution in [0.4, 0.5) is 0 Å². The van der Waals surface area contributed by atoms with Gasteiger partial charge in [0, 0.05) is 6.42 Å². The van der Waals surface area contributed by atoms with Gasteiger partial charge in [0.2, 0.25) is 0 Å². The van der Waals surface area contributed by atoms with E-state index in [0.29, 0.717) is 18.3 Å². The zero-order valence-corrected chi connectivity index (χ0v) is 10.1. The summed E-state index contributed by atoms with van der Waals surface area (Å²) in [5, 5.41) is 0. The number of hydrogen-bond acceptors (Lipinski definition) is 1. The Morgan fingerprint density at radius 2 is 2.00 bits per heavy atom. The highest BCUT2D eigenvalue weighted by Crippen LogP contribution is 2.30. The van der Waals surface area contributed by atoms with E-state index in [1.54, 1.807) is 6.92 Å². The largest absolute Gasteiger partial charge is 0.300 e. The lowest BCUT2D eigenvalue weighted by atomic mass is 9.82. The number of hydrogen-bond donors (Lipinski definition) is 0. The molecule has 0 N–H and O–H groups in total. The number of allylic oxidation sites excluding steroid dienone is 1. The summed E-state index contributed by atoms with van der Waals surface area (Å²) < 4.78 is 0. The molecule has 0 unspecified atom stereocenters. The van der Waals surface area contributed by atoms with Crippen LogP contribution in [0.15, 0.2) is 43.0 Å². The zero-order valence-electron chi connectivity index (χ0n) is 10.1. The van der Waals surface area contributed by atoms with E-state index < -0.39 is 0 Å². The molecule has 1 heteroatoms. The molecule has 0 aliphatic carbocycles. The molecular weight excluding hydrogens is 196 g/mol. The molecule has 2 atom stereocenters. The molecule has 0 amide bonds. The molecule has 1 nitrogen and oxygen atoms in total. The first-order chi connectivity index (χ1) is 7.65. The minimum absolute atomic E-state index is 0.254. The molecule has 0 bridgehead atoms. The van der Waals surface area contributed by atoms with Crippen LogP contribution in [-0.2, 0) is 4.79 Å². The highest BCUT2D eigenvalue weighted by molar-refractivity contribution is 5.76. The fraction of sp³-hybridized carbons (Fsp3) is 0.400. The van der Waals surface area contributed by atoms with Gasteiger partial charge in [0.25, 0.3) is 0 Å². The lowest BCUT2D eigenvalue weighted by Gasteiger charge is -2.22. The van der Waals surface area contributed by atoms with Crippen LogP contribution in [0.1, 0.15) is 38.2 Å². The van der Waals surface area contributed by atoms with Gasteiger partial charge in [0.1, 0.15) is 5.78 Å². The van der Waals surface area contributed by atoms with Gasteiger partial charge in [-0.15, -0.1) is 6.58 Å². The Hall–Kier alpha value is -1.37. The minimum atomic E-state index is 0.254. The summed E-state index contributed by atoms with van der Waals surface area (Å²) in [5.74, 6) is 1.03. The number of ketones is 1. The molecule has 1 aromatic rings. The molecular formula is C15H20O. The van der Waals surface area contributed by atoms with Gasteiger partial charge in [-0.05, 0) is 30.7 Å². The van der Waals surface area contributed by atoms with E-state index in [1.807, 2.05) is 24.3 Å². The number of Topliss-reactive ketones (excluding diaryl/α,β-unsaturated/α-hetero) is 1. The fourth-order valence-electron chi connectivity index (χ4n) is 2.08. The molecule has 0 saturated carbocycles. The molecule has 0 saturated heterocycles. The molecule has 0 spiro atoms. The molecule has 0 aliphatic heterocycles. The summed E-state index contributed by atoms with van der Waals surface area (Å²) in [5.41, 5.74) is 1.26. The zero-order chi connectivity index (χ0) is 12.0. The molecule has 0 aliphatic rings. The summed E-state index contributed by atoms with van der Waals surface area (Å²) >= 11 is 0. The van der Waals surface area contributed by atoms with Crippen molar-refractivity contribution in [3.8, 4) is 0 Å². The van der Waals surface area contributed by atoms with E-state index in [1.165, 1.54) is 5.56 Å². The van der Waals surface area contributed by atoms with Gasteiger partial charge in [0.15, 0.2) is 0 Å². The molecule has 0 fully saturated rings. The van der Waals surface area contributed by atoms with E-state index in [9.17, 15) is 4.79 Å². The topological polar surface area (TPSA) is 17.1 Å². The van der Waals surface area contributed by atoms with Crippen LogP contribution in [0.2, 0.25) is 0 Å². The maximum Gasteiger partial charge on any atom is 0.130 e. The average Bonchev–Trinajstić information content (AvgIpc) is 2.27. The van der Waals surface area contributed by atoms with Crippen molar-refractivity contribution in [3.05, 3.63) is 48.6 Å². The average molecular weight is 216 g/mol. The standard InChI is InChI=1S/C15H20O/c1-4-8-12(2)15(11-13(3)16)14-9-6-5-7-10-14/h4-7,9-10,12,15H,1,8,11H2,2-3H3/t12-,15-/m0/s1. The van der Waals surface area contributed by atoms with Crippen molar-refractivity contribution in [2.24, 2.45) is 5.92 Å². The third-order valence-electron chi connectivity index (χ3n) is 2.96. The second kappa shape index (κ2) is 6.26. The van der Waals surface area contributed by atoms with Crippen molar-refractivity contribution in [1.82, 2.24) is 0 Å². The number of carbonyl (C=O) groups is 1. The van der Waals surface area contributed by atoms with Gasteiger partial charge >= 0.3 is 0 Å². The maximum absolute atomic E-state index is 11.3. The number of benzene rings is 1. The fourth-order valence-corrected chi connectivity index (χ4v) is 2.08. The van der Waals surface area contributed by atoms with Gasteiger partial charge in [-0.1, -0.05) is 43.3 Å². The van der Waals surface area contributed by atoms with Crippen LogP contribution in [0.25, 0.3) is 0 Å². The van der Waals surface area contributed by atoms with Crippen LogP contribution in [0, 0.1) is 5.92 Å². The Bertz CT molecular complexity index is 340. The Balaban J connectivity index is 2.86. The second-order valence-corrected chi connectivity index (χ2v) is 4.42. The van der Waals surface area contributed by atoms with Gasteiger partial charge < -0.3 is 4.79 Å².